The van der Waals surface area contributed by atoms with E-state index < -0.39 is 6.10 Å². The van der Waals surface area contributed by atoms with E-state index in [4.69, 9.17) is 0 Å². The number of aromatic hydroxyl groups is 1. The van der Waals surface area contributed by atoms with E-state index in [0.29, 0.717) is 30.5 Å². The Hall–Kier alpha value is -3.39. The third kappa shape index (κ3) is 5.22. The number of benzene rings is 3. The Kier molecular flexibility index (Phi) is 7.47. The fourth-order valence-electron chi connectivity index (χ4n) is 4.53. The summed E-state index contributed by atoms with van der Waals surface area (Å²) in [7, 11) is 0. The van der Waals surface area contributed by atoms with Crippen LogP contribution in [0.25, 0.3) is 11.1 Å². The molecule has 3 aromatic carbocycles. The van der Waals surface area contributed by atoms with Crippen LogP contribution in [0, 0.1) is 11.8 Å². The number of phenols is 1. The molecule has 1 aliphatic rings. The summed E-state index contributed by atoms with van der Waals surface area (Å²) in [6.45, 7) is 6.50. The summed E-state index contributed by atoms with van der Waals surface area (Å²) in [5.74, 6) is 6.51. The molecule has 0 saturated heterocycles. The first-order chi connectivity index (χ1) is 16.5. The number of aliphatic hydroxyl groups is 1. The molecule has 0 bridgehead atoms. The van der Waals surface area contributed by atoms with E-state index in [0.717, 1.165) is 36.2 Å². The zero-order chi connectivity index (χ0) is 24.1. The van der Waals surface area contributed by atoms with Gasteiger partial charge in [0.15, 0.2) is 5.78 Å². The number of carbonyl (C=O) groups excluding carboxylic acids is 1. The van der Waals surface area contributed by atoms with Crippen LogP contribution in [-0.4, -0.2) is 46.6 Å². The largest absolute Gasteiger partial charge is 0.507 e. The summed E-state index contributed by atoms with van der Waals surface area (Å²) >= 11 is 0. The second-order valence-electron chi connectivity index (χ2n) is 8.76. The van der Waals surface area contributed by atoms with E-state index >= 15 is 0 Å². The van der Waals surface area contributed by atoms with E-state index in [-0.39, 0.29) is 11.5 Å². The average Bonchev–Trinajstić information content (AvgIpc) is 3.24. The highest BCUT2D eigenvalue weighted by Crippen LogP contribution is 2.41. The van der Waals surface area contributed by atoms with Crippen molar-refractivity contribution in [3.63, 3.8) is 0 Å². The lowest BCUT2D eigenvalue weighted by Gasteiger charge is -2.21. The predicted molar refractivity (Wildman–Crippen MR) is 136 cm³/mol. The summed E-state index contributed by atoms with van der Waals surface area (Å²) in [5.41, 5.74) is 6.60. The Labute approximate surface area is 201 Å². The molecule has 1 aliphatic carbocycles. The lowest BCUT2D eigenvalue weighted by atomic mass is 9.98. The molecular weight excluding hydrogens is 422 g/mol. The van der Waals surface area contributed by atoms with Crippen LogP contribution in [0.5, 0.6) is 5.75 Å². The molecule has 0 saturated carbocycles. The first-order valence-corrected chi connectivity index (χ1v) is 12.0. The minimum Gasteiger partial charge on any atom is -0.507 e. The van der Waals surface area contributed by atoms with E-state index in [9.17, 15) is 15.0 Å². The summed E-state index contributed by atoms with van der Waals surface area (Å²) < 4.78 is 0. The Balaban J connectivity index is 1.45. The van der Waals surface area contributed by atoms with Gasteiger partial charge in [0.05, 0.1) is 11.7 Å². The fourth-order valence-corrected chi connectivity index (χ4v) is 4.53. The van der Waals surface area contributed by atoms with Gasteiger partial charge >= 0.3 is 0 Å². The maximum absolute atomic E-state index is 12.6. The molecule has 2 N–H and O–H groups in total. The molecular formula is C30H31NO3. The Morgan fingerprint density at radius 1 is 0.971 bits per heavy atom. The lowest BCUT2D eigenvalue weighted by Crippen LogP contribution is -2.32. The van der Waals surface area contributed by atoms with Crippen LogP contribution in [0.1, 0.15) is 59.3 Å². The van der Waals surface area contributed by atoms with Crippen molar-refractivity contribution in [1.29, 1.82) is 0 Å². The van der Waals surface area contributed by atoms with Crippen molar-refractivity contribution in [2.45, 2.75) is 39.2 Å². The van der Waals surface area contributed by atoms with Gasteiger partial charge in [-0.15, -0.1) is 0 Å². The molecule has 1 unspecified atom stereocenters. The molecule has 174 valence electrons. The number of aliphatic hydroxyl groups excluding tert-OH is 1. The van der Waals surface area contributed by atoms with Crippen LogP contribution in [0.3, 0.4) is 0 Å². The molecule has 0 spiro atoms. The van der Waals surface area contributed by atoms with Crippen molar-refractivity contribution in [2.24, 2.45) is 0 Å². The number of nitrogens with zero attached hydrogens (tertiary/aromatic N) is 1. The van der Waals surface area contributed by atoms with E-state index in [2.05, 4.69) is 42.7 Å². The van der Waals surface area contributed by atoms with Gasteiger partial charge in [0.2, 0.25) is 0 Å². The highest BCUT2D eigenvalue weighted by molar-refractivity contribution is 5.96. The average molecular weight is 454 g/mol. The molecule has 4 heteroatoms. The van der Waals surface area contributed by atoms with E-state index in [1.807, 2.05) is 30.3 Å². The van der Waals surface area contributed by atoms with Gasteiger partial charge < -0.3 is 15.1 Å². The zero-order valence-electron chi connectivity index (χ0n) is 19.8. The van der Waals surface area contributed by atoms with Gasteiger partial charge in [-0.1, -0.05) is 68.2 Å². The third-order valence-electron chi connectivity index (χ3n) is 6.54. The van der Waals surface area contributed by atoms with E-state index in [1.54, 1.807) is 18.2 Å². The second kappa shape index (κ2) is 10.7. The molecule has 3 aromatic rings. The molecule has 4 rings (SSSR count). The quantitative estimate of drug-likeness (QED) is 0.290. The van der Waals surface area contributed by atoms with Crippen LogP contribution in [0.4, 0.5) is 0 Å². The third-order valence-corrected chi connectivity index (χ3v) is 6.54. The van der Waals surface area contributed by atoms with Gasteiger partial charge in [0, 0.05) is 29.7 Å². The molecule has 0 aliphatic heterocycles. The maximum Gasteiger partial charge on any atom is 0.162 e. The number of phenolic OH excluding ortho intramolecular Hbond substituents is 1. The SMILES string of the molecule is CCN(CC)CC(O)CCC(=O)c1ccc(C#Cc2c(O)ccc3c2-c2ccccc2C3)cc1. The molecule has 0 radical (unpaired) electrons. The first-order valence-electron chi connectivity index (χ1n) is 12.0. The topological polar surface area (TPSA) is 60.8 Å². The Morgan fingerprint density at radius 2 is 1.71 bits per heavy atom. The normalized spacial score (nSPS) is 12.6. The summed E-state index contributed by atoms with van der Waals surface area (Å²) in [4.78, 5) is 14.7. The molecule has 0 amide bonds. The number of hydrogen-bond acceptors (Lipinski definition) is 4. The Morgan fingerprint density at radius 3 is 2.44 bits per heavy atom. The van der Waals surface area contributed by atoms with Gasteiger partial charge in [-0.25, -0.2) is 0 Å². The maximum atomic E-state index is 12.6. The molecule has 4 nitrogen and oxygen atoms in total. The van der Waals surface area contributed by atoms with Gasteiger partial charge in [-0.3, -0.25) is 4.79 Å². The van der Waals surface area contributed by atoms with Gasteiger partial charge in [0.1, 0.15) is 5.75 Å². The Bertz CT molecular complexity index is 1230. The number of carbonyl (C=O) groups is 1. The minimum atomic E-state index is -0.501. The fraction of sp³-hybridized carbons (Fsp3) is 0.300. The second-order valence-corrected chi connectivity index (χ2v) is 8.76. The smallest absolute Gasteiger partial charge is 0.162 e. The van der Waals surface area contributed by atoms with Crippen molar-refractivity contribution < 1.29 is 15.0 Å². The van der Waals surface area contributed by atoms with Gasteiger partial charge in [-0.05, 0) is 60.8 Å². The number of ketones is 1. The summed E-state index contributed by atoms with van der Waals surface area (Å²) in [6, 6.07) is 19.1. The van der Waals surface area contributed by atoms with Crippen LogP contribution < -0.4 is 0 Å². The number of likely N-dealkylation sites (N-methyl/N-ethyl adjacent to an activating group) is 1. The monoisotopic (exact) mass is 453 g/mol. The predicted octanol–water partition coefficient (Wildman–Crippen LogP) is 5.03. The molecule has 0 fully saturated rings. The van der Waals surface area contributed by atoms with Crippen molar-refractivity contribution in [2.75, 3.05) is 19.6 Å². The van der Waals surface area contributed by atoms with Gasteiger partial charge in [0.25, 0.3) is 0 Å². The molecule has 0 aromatic heterocycles. The van der Waals surface area contributed by atoms with Crippen LogP contribution in [0.2, 0.25) is 0 Å². The zero-order valence-corrected chi connectivity index (χ0v) is 19.8. The lowest BCUT2D eigenvalue weighted by molar-refractivity contribution is 0.0877. The van der Waals surface area contributed by atoms with Crippen LogP contribution in [-0.2, 0) is 6.42 Å². The molecule has 0 heterocycles. The van der Waals surface area contributed by atoms with E-state index in [1.165, 1.54) is 11.1 Å². The first kappa shape index (κ1) is 23.8. The highest BCUT2D eigenvalue weighted by atomic mass is 16.3. The highest BCUT2D eigenvalue weighted by Gasteiger charge is 2.22. The number of fused-ring (bicyclic) bond motifs is 3. The van der Waals surface area contributed by atoms with Crippen molar-refractivity contribution in [3.05, 3.63) is 88.5 Å². The number of hydrogen-bond donors (Lipinski definition) is 2. The minimum absolute atomic E-state index is 0.0215. The standard InChI is InChI=1S/C30H31NO3/c1-3-31(4-2)20-25(32)15-18-28(33)22-12-9-21(10-13-22)11-16-27-29(34)17-14-24-19-23-7-5-6-8-26(23)30(24)27/h5-10,12-14,17,25,32,34H,3-4,15,18-20H2,1-2H3. The molecule has 34 heavy (non-hydrogen) atoms. The van der Waals surface area contributed by atoms with Crippen molar-refractivity contribution >= 4 is 5.78 Å². The van der Waals surface area contributed by atoms with Crippen LogP contribution in [0.15, 0.2) is 60.7 Å². The molecule has 1 atom stereocenters. The van der Waals surface area contributed by atoms with Crippen LogP contribution >= 0.6 is 0 Å². The number of rotatable bonds is 8. The van der Waals surface area contributed by atoms with Crippen molar-refractivity contribution in [1.82, 2.24) is 4.90 Å². The van der Waals surface area contributed by atoms with Gasteiger partial charge in [-0.2, -0.15) is 0 Å². The van der Waals surface area contributed by atoms with Crippen molar-refractivity contribution in [3.8, 4) is 28.7 Å². The summed E-state index contributed by atoms with van der Waals surface area (Å²) in [6.07, 6.45) is 1.12. The summed E-state index contributed by atoms with van der Waals surface area (Å²) in [5, 5.41) is 20.7. The number of Topliss-reactive ketones (excluding diaryl/α,β-unsaturated/α-hetero) is 1.